The van der Waals surface area contributed by atoms with E-state index < -0.39 is 0 Å². The lowest BCUT2D eigenvalue weighted by Gasteiger charge is -2.12. The van der Waals surface area contributed by atoms with Crippen LogP contribution in [0.2, 0.25) is 0 Å². The third-order valence-corrected chi connectivity index (χ3v) is 29.9. The van der Waals surface area contributed by atoms with Crippen molar-refractivity contribution in [2.45, 2.75) is 105 Å². The zero-order chi connectivity index (χ0) is 83.8. The van der Waals surface area contributed by atoms with Gasteiger partial charge >= 0.3 is 0 Å². The SMILES string of the molecule is Cc1ccc2c(c1)-c1c(ccc3c1-c1ccccc1C3)C2.Cc1ccc2c(c1)Cc1ccc3c(c1-2)-c1ccccc1C3.Cc1cccc2c1-c1c(ccc3c1-c1ccccc1C3)C2.Cc1cccc2c1-c1cc3c(cc1C2)Cc1ccccc1-3.Cc1cccc2c1Cc1ccc3c(c1-2)-c1ccccc1C3.Cn1c2ccccc2c2c3c(ccc21)Cc1ccccc1-3. The van der Waals surface area contributed by atoms with Gasteiger partial charge in [0.2, 0.25) is 0 Å². The molecule has 0 saturated heterocycles. The topological polar surface area (TPSA) is 4.93 Å². The highest BCUT2D eigenvalue weighted by atomic mass is 14.9. The molecular weight excluding hydrogens is 1520 g/mol. The van der Waals surface area contributed by atoms with Crippen LogP contribution < -0.4 is 0 Å². The second-order valence-corrected chi connectivity index (χ2v) is 37.3. The van der Waals surface area contributed by atoms with Crippen molar-refractivity contribution >= 4 is 21.8 Å². The molecule has 19 aromatic rings. The second kappa shape index (κ2) is 29.2. The monoisotopic (exact) mass is 1610 g/mol. The smallest absolute Gasteiger partial charge is 0.0495 e. The molecule has 0 N–H and O–H groups in total. The number of para-hydroxylation sites is 1. The van der Waals surface area contributed by atoms with E-state index in [9.17, 15) is 0 Å². The molecule has 600 valence electrons. The van der Waals surface area contributed by atoms with Crippen molar-refractivity contribution in [3.05, 3.63) is 484 Å². The van der Waals surface area contributed by atoms with E-state index in [4.69, 9.17) is 0 Å². The highest BCUT2D eigenvalue weighted by Gasteiger charge is 2.35. The molecule has 1 aromatic heterocycles. The van der Waals surface area contributed by atoms with E-state index >= 15 is 0 Å². The fraction of sp³-hybridized carbons (Fsp3) is 0.136. The summed E-state index contributed by atoms with van der Waals surface area (Å²) in [6.45, 7) is 11.1. The molecule has 18 aromatic carbocycles. The van der Waals surface area contributed by atoms with Gasteiger partial charge in [0, 0.05) is 28.9 Å². The van der Waals surface area contributed by atoms with E-state index in [0.717, 1.165) is 70.6 Å². The fourth-order valence-electron chi connectivity index (χ4n) is 24.2. The van der Waals surface area contributed by atoms with Crippen molar-refractivity contribution in [1.29, 1.82) is 0 Å². The number of hydrogen-bond donors (Lipinski definition) is 0. The number of benzene rings is 18. The number of rotatable bonds is 0. The zero-order valence-electron chi connectivity index (χ0n) is 72.5. The summed E-state index contributed by atoms with van der Waals surface area (Å²) in [5.41, 5.74) is 74.5. The van der Waals surface area contributed by atoms with Gasteiger partial charge in [-0.2, -0.15) is 0 Å². The summed E-state index contributed by atoms with van der Waals surface area (Å²) < 4.78 is 2.31. The minimum Gasteiger partial charge on any atom is -0.344 e. The maximum atomic E-state index is 2.45. The maximum Gasteiger partial charge on any atom is 0.0495 e. The standard InChI is InChI=1S/5C21H16.C20H15N/c1-13-5-4-7-15-10-17-11-16-9-14-6-2-3-8-18(14)19(16)12-20(17)21(13)15;1-13-5-4-7-15-12-17-10-9-16-11-14-6-2-3-8-18(14)20(16)21(17)19(13)15;1-13-5-4-8-18-19(13)12-16-10-9-15-11-14-6-2-3-7-17(14)20(15)21(16)18;1-13-6-9-19-17(10-13)12-16-8-7-15-11-14-4-2-3-5-18(14)20(15)21(16)19;1-13-6-7-15-12-17-9-8-16-11-14-4-2-3-5-18(14)20(16)21(17)19(15)10-13;1-21-17-9-5-4-8-16(17)20-18(21)11-10-14-12-13-6-2-3-7-15(13)19(14)20/h2-8,11-12H,9-10H2,1H3;4*2-10H,11-12H2,1H3;2-11H,12H2,1H3. The van der Waals surface area contributed by atoms with Crippen molar-refractivity contribution in [3.63, 3.8) is 0 Å². The van der Waals surface area contributed by atoms with Gasteiger partial charge in [-0.05, 0) is 385 Å². The van der Waals surface area contributed by atoms with E-state index in [-0.39, 0.29) is 0 Å². The third-order valence-electron chi connectivity index (χ3n) is 29.9. The summed E-state index contributed by atoms with van der Waals surface area (Å²) in [4.78, 5) is 0. The van der Waals surface area contributed by atoms with Gasteiger partial charge < -0.3 is 4.57 Å². The molecule has 1 heteroatoms. The molecule has 0 fully saturated rings. The van der Waals surface area contributed by atoms with Gasteiger partial charge in [-0.25, -0.2) is 0 Å². The van der Waals surface area contributed by atoms with Crippen LogP contribution in [0.1, 0.15) is 150 Å². The predicted molar refractivity (Wildman–Crippen MR) is 527 cm³/mol. The van der Waals surface area contributed by atoms with Crippen LogP contribution in [0, 0.1) is 34.6 Å². The van der Waals surface area contributed by atoms with Gasteiger partial charge in [0.1, 0.15) is 0 Å². The molecule has 1 nitrogen and oxygen atoms in total. The summed E-state index contributed by atoms with van der Waals surface area (Å²) in [6.07, 6.45) is 11.9. The summed E-state index contributed by atoms with van der Waals surface area (Å²) in [6, 6.07) is 124. The lowest BCUT2D eigenvalue weighted by atomic mass is 9.92. The summed E-state index contributed by atoms with van der Waals surface area (Å²) in [5, 5.41) is 2.78. The Bertz CT molecular complexity index is 7860. The average molecular weight is 1610 g/mol. The van der Waals surface area contributed by atoms with E-state index in [1.807, 2.05) is 0 Å². The first-order chi connectivity index (χ1) is 61.9. The number of aryl methyl sites for hydroxylation is 6. The minimum atomic E-state index is 1.06. The van der Waals surface area contributed by atoms with Gasteiger partial charge in [-0.1, -0.05) is 327 Å². The van der Waals surface area contributed by atoms with Crippen LogP contribution in [-0.4, -0.2) is 4.57 Å². The lowest BCUT2D eigenvalue weighted by Crippen LogP contribution is -1.88. The van der Waals surface area contributed by atoms with Crippen molar-refractivity contribution in [2.75, 3.05) is 0 Å². The molecule has 30 rings (SSSR count). The van der Waals surface area contributed by atoms with Crippen LogP contribution in [0.5, 0.6) is 0 Å². The molecular formula is C125H95N. The first-order valence-corrected chi connectivity index (χ1v) is 45.6. The first kappa shape index (κ1) is 74.4. The fourth-order valence-corrected chi connectivity index (χ4v) is 24.2. The van der Waals surface area contributed by atoms with E-state index in [2.05, 4.69) is 380 Å². The van der Waals surface area contributed by atoms with Gasteiger partial charge in [0.05, 0.1) is 0 Å². The molecule has 126 heavy (non-hydrogen) atoms. The Balaban J connectivity index is 0.0000000824. The van der Waals surface area contributed by atoms with E-state index in [0.29, 0.717) is 0 Å². The molecule has 0 unspecified atom stereocenters. The van der Waals surface area contributed by atoms with Crippen LogP contribution >= 0.6 is 0 Å². The van der Waals surface area contributed by atoms with Crippen molar-refractivity contribution < 1.29 is 0 Å². The Kier molecular flexibility index (Phi) is 17.2. The van der Waals surface area contributed by atoms with Gasteiger partial charge in [-0.15, -0.1) is 0 Å². The highest BCUT2D eigenvalue weighted by molar-refractivity contribution is 6.17. The molecule has 11 aliphatic carbocycles. The molecule has 0 bridgehead atoms. The highest BCUT2D eigenvalue weighted by Crippen LogP contribution is 2.56. The molecule has 0 aliphatic heterocycles. The Morgan fingerprint density at radius 1 is 0.167 bits per heavy atom. The maximum absolute atomic E-state index is 2.45. The number of nitrogens with zero attached hydrogens (tertiary/aromatic N) is 1. The summed E-state index contributed by atoms with van der Waals surface area (Å²) in [5.74, 6) is 0. The Labute approximate surface area is 739 Å². The van der Waals surface area contributed by atoms with Crippen LogP contribution in [0.4, 0.5) is 0 Å². The molecule has 11 aliphatic rings. The Morgan fingerprint density at radius 2 is 0.476 bits per heavy atom. The lowest BCUT2D eigenvalue weighted by molar-refractivity contribution is 1.01. The largest absolute Gasteiger partial charge is 0.344 e. The summed E-state index contributed by atoms with van der Waals surface area (Å²) >= 11 is 0. The molecule has 0 amide bonds. The van der Waals surface area contributed by atoms with Gasteiger partial charge in [-0.3, -0.25) is 0 Å². The first-order valence-electron chi connectivity index (χ1n) is 45.6. The molecule has 1 heterocycles. The molecule has 0 saturated carbocycles. The number of aromatic nitrogens is 1. The third kappa shape index (κ3) is 11.8. The van der Waals surface area contributed by atoms with Crippen molar-refractivity contribution in [1.82, 2.24) is 4.57 Å². The van der Waals surface area contributed by atoms with Crippen LogP contribution in [-0.2, 0) is 77.7 Å². The van der Waals surface area contributed by atoms with Crippen LogP contribution in [0.25, 0.3) is 144 Å². The van der Waals surface area contributed by atoms with Crippen LogP contribution in [0.3, 0.4) is 0 Å². The average Bonchev–Trinajstić information content (AvgIpc) is 1.60. The number of hydrogen-bond acceptors (Lipinski definition) is 0. The van der Waals surface area contributed by atoms with Gasteiger partial charge in [0.15, 0.2) is 0 Å². The Hall–Kier alpha value is -14.2. The van der Waals surface area contributed by atoms with E-state index in [1.54, 1.807) is 0 Å². The van der Waals surface area contributed by atoms with Crippen molar-refractivity contribution in [3.8, 4) is 122 Å². The zero-order valence-corrected chi connectivity index (χ0v) is 72.5. The minimum absolute atomic E-state index is 1.06. The second-order valence-electron chi connectivity index (χ2n) is 37.3. The normalized spacial score (nSPS) is 13.4. The van der Waals surface area contributed by atoms with Crippen molar-refractivity contribution in [2.24, 2.45) is 7.05 Å². The molecule has 0 spiro atoms. The van der Waals surface area contributed by atoms with Crippen LogP contribution in [0.15, 0.2) is 334 Å². The molecule has 0 radical (unpaired) electrons. The molecule has 0 atom stereocenters. The summed E-state index contributed by atoms with van der Waals surface area (Å²) in [7, 11) is 2.16. The van der Waals surface area contributed by atoms with Gasteiger partial charge in [0.25, 0.3) is 0 Å². The predicted octanol–water partition coefficient (Wildman–Crippen LogP) is 30.6. The quantitative estimate of drug-likeness (QED) is 0.143. The number of fused-ring (bicyclic) bond motifs is 41. The van der Waals surface area contributed by atoms with E-state index in [1.165, 1.54) is 294 Å². The Morgan fingerprint density at radius 3 is 1.03 bits per heavy atom.